The third-order valence-corrected chi connectivity index (χ3v) is 7.97. The Morgan fingerprint density at radius 3 is 2.56 bits per heavy atom. The van der Waals surface area contributed by atoms with Gasteiger partial charge in [-0.1, -0.05) is 13.0 Å². The van der Waals surface area contributed by atoms with Crippen molar-refractivity contribution < 1.29 is 12.8 Å². The molecule has 2 aliphatic carbocycles. The first-order valence-electron chi connectivity index (χ1n) is 8.73. The molecule has 2 aliphatic rings. The van der Waals surface area contributed by atoms with E-state index in [1.165, 1.54) is 0 Å². The molecular weight excluding hydrogens is 402 g/mol. The molecular formula is C19H22BrNO3S. The van der Waals surface area contributed by atoms with Gasteiger partial charge in [-0.25, -0.2) is 8.42 Å². The van der Waals surface area contributed by atoms with Crippen LogP contribution in [0.4, 0.5) is 0 Å². The predicted molar refractivity (Wildman–Crippen MR) is 99.9 cm³/mol. The van der Waals surface area contributed by atoms with E-state index < -0.39 is 10.0 Å². The maximum atomic E-state index is 13.2. The summed E-state index contributed by atoms with van der Waals surface area (Å²) in [7, 11) is -3.56. The van der Waals surface area contributed by atoms with Crippen LogP contribution in [-0.4, -0.2) is 18.8 Å². The normalized spacial score (nSPS) is 23.2. The molecule has 1 aromatic carbocycles. The highest BCUT2D eigenvalue weighted by atomic mass is 79.9. The van der Waals surface area contributed by atoms with Gasteiger partial charge in [0.1, 0.15) is 11.5 Å². The lowest BCUT2D eigenvalue weighted by Gasteiger charge is -2.21. The number of halogens is 1. The molecule has 6 heteroatoms. The monoisotopic (exact) mass is 423 g/mol. The van der Waals surface area contributed by atoms with Crippen molar-refractivity contribution in [3.63, 3.8) is 0 Å². The fraction of sp³-hybridized carbons (Fsp3) is 0.474. The summed E-state index contributed by atoms with van der Waals surface area (Å²) in [6.45, 7) is 4.46. The first kappa shape index (κ1) is 17.3. The minimum Gasteiger partial charge on any atom is -0.464 e. The van der Waals surface area contributed by atoms with Crippen LogP contribution in [0.2, 0.25) is 0 Å². The number of hydrogen-bond donors (Lipinski definition) is 0. The Morgan fingerprint density at radius 1 is 1.24 bits per heavy atom. The van der Waals surface area contributed by atoms with Crippen molar-refractivity contribution in [3.8, 4) is 0 Å². The van der Waals surface area contributed by atoms with Gasteiger partial charge in [-0.3, -0.25) is 0 Å². The third-order valence-electron chi connectivity index (χ3n) is 5.10. The van der Waals surface area contributed by atoms with Gasteiger partial charge >= 0.3 is 0 Å². The van der Waals surface area contributed by atoms with Gasteiger partial charge in [-0.05, 0) is 77.9 Å². The van der Waals surface area contributed by atoms with Crippen molar-refractivity contribution in [1.29, 1.82) is 0 Å². The molecule has 0 N–H and O–H groups in total. The SMILES string of the molecule is Cc1ccc(S(=O)(=O)N(Cc2ccc(C3CC3C)o2)C2CC2)c(Br)c1. The maximum Gasteiger partial charge on any atom is 0.244 e. The molecule has 0 aliphatic heterocycles. The van der Waals surface area contributed by atoms with E-state index in [9.17, 15) is 8.42 Å². The zero-order valence-corrected chi connectivity index (χ0v) is 16.8. The van der Waals surface area contributed by atoms with Crippen LogP contribution in [0.1, 0.15) is 49.2 Å². The van der Waals surface area contributed by atoms with E-state index in [1.807, 2.05) is 31.2 Å². The van der Waals surface area contributed by atoms with E-state index in [1.54, 1.807) is 10.4 Å². The topological polar surface area (TPSA) is 50.5 Å². The Bertz CT molecular complexity index is 901. The average molecular weight is 424 g/mol. The van der Waals surface area contributed by atoms with Gasteiger partial charge in [0, 0.05) is 16.4 Å². The van der Waals surface area contributed by atoms with Gasteiger partial charge in [0.15, 0.2) is 0 Å². The highest BCUT2D eigenvalue weighted by molar-refractivity contribution is 9.10. The van der Waals surface area contributed by atoms with E-state index in [-0.39, 0.29) is 6.04 Å². The van der Waals surface area contributed by atoms with Gasteiger partial charge in [0.05, 0.1) is 11.4 Å². The van der Waals surface area contributed by atoms with E-state index in [0.29, 0.717) is 27.7 Å². The number of aryl methyl sites for hydroxylation is 1. The summed E-state index contributed by atoms with van der Waals surface area (Å²) in [5.41, 5.74) is 1.03. The summed E-state index contributed by atoms with van der Waals surface area (Å²) in [6, 6.07) is 9.37. The molecule has 0 saturated heterocycles. The molecule has 25 heavy (non-hydrogen) atoms. The molecule has 0 bridgehead atoms. The second kappa shape index (κ2) is 6.25. The zero-order chi connectivity index (χ0) is 17.8. The van der Waals surface area contributed by atoms with Gasteiger partial charge in [0.25, 0.3) is 0 Å². The van der Waals surface area contributed by atoms with Gasteiger partial charge in [0.2, 0.25) is 10.0 Å². The lowest BCUT2D eigenvalue weighted by Crippen LogP contribution is -2.32. The lowest BCUT2D eigenvalue weighted by atomic mass is 10.2. The lowest BCUT2D eigenvalue weighted by molar-refractivity contribution is 0.347. The molecule has 2 aromatic rings. The molecule has 0 amide bonds. The molecule has 4 rings (SSSR count). The van der Waals surface area contributed by atoms with E-state index in [0.717, 1.165) is 36.3 Å². The average Bonchev–Trinajstić information content (AvgIpc) is 3.45. The smallest absolute Gasteiger partial charge is 0.244 e. The summed E-state index contributed by atoms with van der Waals surface area (Å²) in [5.74, 6) is 2.90. The zero-order valence-electron chi connectivity index (χ0n) is 14.4. The fourth-order valence-electron chi connectivity index (χ4n) is 3.27. The molecule has 1 aromatic heterocycles. The second-order valence-corrected chi connectivity index (χ2v) is 10.1. The second-order valence-electron chi connectivity index (χ2n) is 7.34. The molecule has 2 fully saturated rings. The van der Waals surface area contributed by atoms with Gasteiger partial charge in [-0.2, -0.15) is 4.31 Å². The van der Waals surface area contributed by atoms with Crippen LogP contribution in [0.15, 0.2) is 44.1 Å². The number of rotatable bonds is 6. The Morgan fingerprint density at radius 2 is 1.96 bits per heavy atom. The quantitative estimate of drug-likeness (QED) is 0.668. The van der Waals surface area contributed by atoms with Crippen LogP contribution in [0.5, 0.6) is 0 Å². The number of sulfonamides is 1. The van der Waals surface area contributed by atoms with Crippen molar-refractivity contribution in [3.05, 3.63) is 51.9 Å². The van der Waals surface area contributed by atoms with E-state index in [4.69, 9.17) is 4.42 Å². The number of benzene rings is 1. The molecule has 0 radical (unpaired) electrons. The maximum absolute atomic E-state index is 13.2. The van der Waals surface area contributed by atoms with Gasteiger partial charge < -0.3 is 4.42 Å². The van der Waals surface area contributed by atoms with Crippen molar-refractivity contribution >= 4 is 26.0 Å². The van der Waals surface area contributed by atoms with Crippen LogP contribution >= 0.6 is 15.9 Å². The fourth-order valence-corrected chi connectivity index (χ4v) is 6.07. The van der Waals surface area contributed by atoms with E-state index >= 15 is 0 Å². The van der Waals surface area contributed by atoms with Crippen LogP contribution in [0.3, 0.4) is 0 Å². The van der Waals surface area contributed by atoms with Crippen molar-refractivity contribution in [1.82, 2.24) is 4.31 Å². The molecule has 2 atom stereocenters. The largest absolute Gasteiger partial charge is 0.464 e. The number of furan rings is 1. The number of hydrogen-bond acceptors (Lipinski definition) is 3. The molecule has 2 unspecified atom stereocenters. The molecule has 134 valence electrons. The minimum atomic E-state index is -3.56. The standard InChI is InChI=1S/C19H22BrNO3S/c1-12-3-8-19(17(20)9-12)25(22,23)21(14-4-5-14)11-15-6-7-18(24-15)16-10-13(16)2/h3,6-9,13-14,16H,4-5,10-11H2,1-2H3. The minimum absolute atomic E-state index is 0.0756. The Hall–Kier alpha value is -1.11. The molecule has 4 nitrogen and oxygen atoms in total. The Kier molecular flexibility index (Phi) is 4.33. The van der Waals surface area contributed by atoms with Crippen molar-refractivity contribution in [2.24, 2.45) is 5.92 Å². The van der Waals surface area contributed by atoms with Gasteiger partial charge in [-0.15, -0.1) is 0 Å². The Balaban J connectivity index is 1.61. The van der Waals surface area contributed by atoms with E-state index in [2.05, 4.69) is 22.9 Å². The first-order valence-corrected chi connectivity index (χ1v) is 11.0. The summed E-state index contributed by atoms with van der Waals surface area (Å²) in [6.07, 6.45) is 2.99. The van der Waals surface area contributed by atoms with Crippen molar-refractivity contribution in [2.45, 2.75) is 56.5 Å². The number of nitrogens with zero attached hydrogens (tertiary/aromatic N) is 1. The Labute approximate surface area is 157 Å². The summed E-state index contributed by atoms with van der Waals surface area (Å²) < 4.78 is 34.6. The molecule has 2 saturated carbocycles. The van der Waals surface area contributed by atoms with Crippen LogP contribution in [-0.2, 0) is 16.6 Å². The van der Waals surface area contributed by atoms with Crippen LogP contribution < -0.4 is 0 Å². The summed E-state index contributed by atoms with van der Waals surface area (Å²) >= 11 is 3.41. The highest BCUT2D eigenvalue weighted by Crippen LogP contribution is 2.47. The summed E-state index contributed by atoms with van der Waals surface area (Å²) in [4.78, 5) is 0.326. The summed E-state index contributed by atoms with van der Waals surface area (Å²) in [5, 5.41) is 0. The first-order chi connectivity index (χ1) is 11.9. The third kappa shape index (κ3) is 3.44. The van der Waals surface area contributed by atoms with Crippen LogP contribution in [0.25, 0.3) is 0 Å². The molecule has 1 heterocycles. The van der Waals surface area contributed by atoms with Crippen LogP contribution in [0, 0.1) is 12.8 Å². The molecule has 0 spiro atoms. The predicted octanol–water partition coefficient (Wildman–Crippen LogP) is 4.83. The van der Waals surface area contributed by atoms with Crippen molar-refractivity contribution in [2.75, 3.05) is 0 Å². The highest BCUT2D eigenvalue weighted by Gasteiger charge is 2.40.